The highest BCUT2D eigenvalue weighted by Gasteiger charge is 2.23. The van der Waals surface area contributed by atoms with Gasteiger partial charge in [-0.3, -0.25) is 5.32 Å². The summed E-state index contributed by atoms with van der Waals surface area (Å²) in [5.74, 6) is -1.10. The SMILES string of the molecule is Cc1nc(NC(=O)NC(C(=O)O)c2cccs2)sc1C. The number of aliphatic carboxylic acids is 1. The highest BCUT2D eigenvalue weighted by molar-refractivity contribution is 7.15. The Balaban J connectivity index is 2.04. The Morgan fingerprint density at radius 2 is 2.15 bits per heavy atom. The lowest BCUT2D eigenvalue weighted by Crippen LogP contribution is -2.36. The number of carbonyl (C=O) groups is 2. The molecule has 0 radical (unpaired) electrons. The van der Waals surface area contributed by atoms with Crippen LogP contribution in [0, 0.1) is 13.8 Å². The van der Waals surface area contributed by atoms with Gasteiger partial charge in [0.25, 0.3) is 0 Å². The number of hydrogen-bond acceptors (Lipinski definition) is 5. The molecule has 0 saturated heterocycles. The van der Waals surface area contributed by atoms with Gasteiger partial charge in [0.05, 0.1) is 5.69 Å². The Bertz CT molecular complexity index is 602. The Morgan fingerprint density at radius 3 is 2.65 bits per heavy atom. The fourth-order valence-corrected chi connectivity index (χ4v) is 3.08. The summed E-state index contributed by atoms with van der Waals surface area (Å²) >= 11 is 2.63. The summed E-state index contributed by atoms with van der Waals surface area (Å²) in [5.41, 5.74) is 0.846. The van der Waals surface area contributed by atoms with Crippen molar-refractivity contribution in [1.29, 1.82) is 0 Å². The van der Waals surface area contributed by atoms with Crippen molar-refractivity contribution in [3.8, 4) is 0 Å². The molecule has 8 heteroatoms. The van der Waals surface area contributed by atoms with Crippen LogP contribution in [-0.2, 0) is 4.79 Å². The molecule has 0 aliphatic rings. The second-order valence-corrected chi connectivity index (χ2v) is 6.23. The Labute approximate surface area is 123 Å². The molecule has 0 aromatic carbocycles. The van der Waals surface area contributed by atoms with E-state index < -0.39 is 18.0 Å². The summed E-state index contributed by atoms with van der Waals surface area (Å²) in [6.45, 7) is 3.75. The highest BCUT2D eigenvalue weighted by Crippen LogP contribution is 2.22. The summed E-state index contributed by atoms with van der Waals surface area (Å²) in [4.78, 5) is 28.8. The molecule has 0 fully saturated rings. The first kappa shape index (κ1) is 14.5. The van der Waals surface area contributed by atoms with Gasteiger partial charge in [-0.25, -0.2) is 14.6 Å². The first-order valence-electron chi connectivity index (χ1n) is 5.75. The van der Waals surface area contributed by atoms with E-state index >= 15 is 0 Å². The van der Waals surface area contributed by atoms with Crippen LogP contribution in [0.5, 0.6) is 0 Å². The molecular formula is C12H13N3O3S2. The molecule has 2 heterocycles. The van der Waals surface area contributed by atoms with E-state index in [2.05, 4.69) is 15.6 Å². The van der Waals surface area contributed by atoms with Gasteiger partial charge in [0.1, 0.15) is 0 Å². The molecule has 0 saturated carbocycles. The third-order valence-corrected chi connectivity index (χ3v) is 4.52. The lowest BCUT2D eigenvalue weighted by molar-refractivity contribution is -0.139. The summed E-state index contributed by atoms with van der Waals surface area (Å²) in [5, 5.41) is 16.3. The smallest absolute Gasteiger partial charge is 0.331 e. The zero-order chi connectivity index (χ0) is 14.7. The maximum Gasteiger partial charge on any atom is 0.331 e. The van der Waals surface area contributed by atoms with Crippen molar-refractivity contribution in [3.63, 3.8) is 0 Å². The molecule has 0 bridgehead atoms. The van der Waals surface area contributed by atoms with Crippen LogP contribution in [0.25, 0.3) is 0 Å². The molecule has 0 spiro atoms. The van der Waals surface area contributed by atoms with Gasteiger partial charge in [-0.1, -0.05) is 6.07 Å². The van der Waals surface area contributed by atoms with Crippen LogP contribution < -0.4 is 10.6 Å². The molecule has 0 aliphatic carbocycles. The fraction of sp³-hybridized carbons (Fsp3) is 0.250. The number of thiazole rings is 1. The molecule has 2 aromatic rings. The van der Waals surface area contributed by atoms with Crippen LogP contribution in [0.2, 0.25) is 0 Å². The molecule has 1 atom stereocenters. The number of thiophene rings is 1. The number of carboxylic acids is 1. The lowest BCUT2D eigenvalue weighted by Gasteiger charge is -2.12. The van der Waals surface area contributed by atoms with E-state index in [1.54, 1.807) is 17.5 Å². The van der Waals surface area contributed by atoms with Gasteiger partial charge in [0, 0.05) is 9.75 Å². The largest absolute Gasteiger partial charge is 0.479 e. The Hall–Kier alpha value is -1.93. The average molecular weight is 311 g/mol. The minimum Gasteiger partial charge on any atom is -0.479 e. The van der Waals surface area contributed by atoms with Crippen LogP contribution in [0.1, 0.15) is 21.5 Å². The number of aromatic nitrogens is 1. The van der Waals surface area contributed by atoms with E-state index in [4.69, 9.17) is 5.11 Å². The monoisotopic (exact) mass is 311 g/mol. The van der Waals surface area contributed by atoms with E-state index in [0.29, 0.717) is 10.0 Å². The predicted molar refractivity (Wildman–Crippen MR) is 78.4 cm³/mol. The first-order valence-corrected chi connectivity index (χ1v) is 7.44. The zero-order valence-corrected chi connectivity index (χ0v) is 12.5. The molecule has 0 aliphatic heterocycles. The number of carbonyl (C=O) groups excluding carboxylic acids is 1. The fourth-order valence-electron chi connectivity index (χ4n) is 1.50. The molecule has 2 rings (SSSR count). The summed E-state index contributed by atoms with van der Waals surface area (Å²) in [7, 11) is 0. The Kier molecular flexibility index (Phi) is 4.35. The standard InChI is InChI=1S/C12H13N3O3S2/c1-6-7(2)20-12(13-6)15-11(18)14-9(10(16)17)8-4-3-5-19-8/h3-5,9H,1-2H3,(H,16,17)(H2,13,14,15,18). The molecule has 20 heavy (non-hydrogen) atoms. The van der Waals surface area contributed by atoms with Crippen LogP contribution in [0.4, 0.5) is 9.93 Å². The van der Waals surface area contributed by atoms with Gasteiger partial charge in [0.15, 0.2) is 11.2 Å². The topological polar surface area (TPSA) is 91.3 Å². The number of rotatable bonds is 4. The first-order chi connectivity index (χ1) is 9.47. The normalized spacial score (nSPS) is 11.9. The molecule has 2 amide bonds. The molecule has 3 N–H and O–H groups in total. The molecule has 2 aromatic heterocycles. The minimum atomic E-state index is -1.10. The quantitative estimate of drug-likeness (QED) is 0.809. The molecule has 106 valence electrons. The van der Waals surface area contributed by atoms with E-state index in [1.807, 2.05) is 13.8 Å². The number of carboxylic acid groups (broad SMARTS) is 1. The van der Waals surface area contributed by atoms with Gasteiger partial charge in [-0.2, -0.15) is 0 Å². The third kappa shape index (κ3) is 3.34. The van der Waals surface area contributed by atoms with Crippen molar-refractivity contribution >= 4 is 39.8 Å². The number of hydrogen-bond donors (Lipinski definition) is 3. The highest BCUT2D eigenvalue weighted by atomic mass is 32.1. The maximum atomic E-state index is 11.8. The average Bonchev–Trinajstić information content (AvgIpc) is 2.97. The summed E-state index contributed by atoms with van der Waals surface area (Å²) in [6, 6.07) is 1.77. The van der Waals surface area contributed by atoms with Gasteiger partial charge in [-0.05, 0) is 25.3 Å². The van der Waals surface area contributed by atoms with E-state index in [-0.39, 0.29) is 0 Å². The van der Waals surface area contributed by atoms with E-state index in [9.17, 15) is 9.59 Å². The van der Waals surface area contributed by atoms with Gasteiger partial charge in [0.2, 0.25) is 0 Å². The Morgan fingerprint density at radius 1 is 1.40 bits per heavy atom. The minimum absolute atomic E-state index is 0.452. The zero-order valence-electron chi connectivity index (χ0n) is 10.8. The van der Waals surface area contributed by atoms with Gasteiger partial charge >= 0.3 is 12.0 Å². The molecular weight excluding hydrogens is 298 g/mol. The number of urea groups is 1. The van der Waals surface area contributed by atoms with Crippen molar-refractivity contribution in [2.24, 2.45) is 0 Å². The van der Waals surface area contributed by atoms with Crippen LogP contribution in [0.15, 0.2) is 17.5 Å². The number of anilines is 1. The lowest BCUT2D eigenvalue weighted by atomic mass is 10.2. The van der Waals surface area contributed by atoms with Crippen molar-refractivity contribution in [1.82, 2.24) is 10.3 Å². The number of aryl methyl sites for hydroxylation is 2. The maximum absolute atomic E-state index is 11.8. The predicted octanol–water partition coefficient (Wildman–Crippen LogP) is 2.77. The number of nitrogens with one attached hydrogen (secondary N) is 2. The van der Waals surface area contributed by atoms with Gasteiger partial charge < -0.3 is 10.4 Å². The molecule has 6 nitrogen and oxygen atoms in total. The van der Waals surface area contributed by atoms with Crippen LogP contribution in [-0.4, -0.2) is 22.1 Å². The number of nitrogens with zero attached hydrogens (tertiary/aromatic N) is 1. The summed E-state index contributed by atoms with van der Waals surface area (Å²) < 4.78 is 0. The van der Waals surface area contributed by atoms with Crippen LogP contribution in [0.3, 0.4) is 0 Å². The second kappa shape index (κ2) is 6.02. The second-order valence-electron chi connectivity index (χ2n) is 4.05. The van der Waals surface area contributed by atoms with Crippen molar-refractivity contribution in [2.45, 2.75) is 19.9 Å². The van der Waals surface area contributed by atoms with E-state index in [1.165, 1.54) is 22.7 Å². The third-order valence-electron chi connectivity index (χ3n) is 2.60. The van der Waals surface area contributed by atoms with Crippen molar-refractivity contribution < 1.29 is 14.7 Å². The number of amides is 2. The summed E-state index contributed by atoms with van der Waals surface area (Å²) in [6.07, 6.45) is 0. The van der Waals surface area contributed by atoms with Gasteiger partial charge in [-0.15, -0.1) is 22.7 Å². The van der Waals surface area contributed by atoms with Crippen molar-refractivity contribution in [3.05, 3.63) is 33.0 Å². The van der Waals surface area contributed by atoms with Crippen molar-refractivity contribution in [2.75, 3.05) is 5.32 Å². The van der Waals surface area contributed by atoms with Crippen LogP contribution >= 0.6 is 22.7 Å². The van der Waals surface area contributed by atoms with E-state index in [0.717, 1.165) is 10.6 Å². The molecule has 1 unspecified atom stereocenters.